The van der Waals surface area contributed by atoms with Crippen molar-refractivity contribution in [2.75, 3.05) is 14.1 Å². The molecule has 1 N–H and O–H groups in total. The van der Waals surface area contributed by atoms with Gasteiger partial charge in [-0.2, -0.15) is 8.42 Å². The molecule has 2 saturated carbocycles. The Hall–Kier alpha value is -1.41. The second kappa shape index (κ2) is 6.15. The highest BCUT2D eigenvalue weighted by atomic mass is 32.2. The summed E-state index contributed by atoms with van der Waals surface area (Å²) in [5, 5.41) is 9.80. The van der Waals surface area contributed by atoms with E-state index < -0.39 is 21.4 Å². The van der Waals surface area contributed by atoms with Crippen LogP contribution in [0.4, 0.5) is 0 Å². The van der Waals surface area contributed by atoms with E-state index in [0.29, 0.717) is 17.2 Å². The van der Waals surface area contributed by atoms with Crippen molar-refractivity contribution in [3.63, 3.8) is 0 Å². The lowest BCUT2D eigenvalue weighted by Gasteiger charge is -2.14. The number of hydrogen-bond donors (Lipinski definition) is 1. The first kappa shape index (κ1) is 17.4. The third-order valence-corrected chi connectivity index (χ3v) is 8.01. The van der Waals surface area contributed by atoms with E-state index in [4.69, 9.17) is 0 Å². The molecule has 0 saturated heterocycles. The van der Waals surface area contributed by atoms with Crippen molar-refractivity contribution < 1.29 is 18.3 Å². The van der Waals surface area contributed by atoms with Gasteiger partial charge in [0.05, 0.1) is 0 Å². The molecule has 0 amide bonds. The molecule has 3 rings (SSSR count). The Bertz CT molecular complexity index is 763. The maximum absolute atomic E-state index is 12.2. The second-order valence-electron chi connectivity index (χ2n) is 6.91. The summed E-state index contributed by atoms with van der Waals surface area (Å²) in [6.07, 6.45) is 6.36. The first-order valence-corrected chi connectivity index (χ1v) is 10.3. The van der Waals surface area contributed by atoms with Crippen molar-refractivity contribution in [3.8, 4) is 0 Å². The largest absolute Gasteiger partial charge is 0.481 e. The molecule has 1 aromatic rings. The van der Waals surface area contributed by atoms with Gasteiger partial charge in [-0.05, 0) is 30.4 Å². The van der Waals surface area contributed by atoms with Crippen LogP contribution in [0.15, 0.2) is 20.7 Å². The van der Waals surface area contributed by atoms with Crippen LogP contribution in [-0.2, 0) is 20.2 Å². The fourth-order valence-electron chi connectivity index (χ4n) is 3.76. The summed E-state index contributed by atoms with van der Waals surface area (Å²) in [5.74, 6) is -0.242. The minimum Gasteiger partial charge on any atom is -0.481 e. The van der Waals surface area contributed by atoms with Crippen LogP contribution in [0.2, 0.25) is 0 Å². The van der Waals surface area contributed by atoms with Crippen LogP contribution < -0.4 is 0 Å². The Morgan fingerprint density at radius 2 is 2.04 bits per heavy atom. The third kappa shape index (κ3) is 2.97. The molecule has 0 bridgehead atoms. The van der Waals surface area contributed by atoms with E-state index in [2.05, 4.69) is 4.40 Å². The number of rotatable bonds is 6. The quantitative estimate of drug-likeness (QED) is 0.614. The molecule has 1 heterocycles. The zero-order valence-corrected chi connectivity index (χ0v) is 15.4. The van der Waals surface area contributed by atoms with E-state index in [0.717, 1.165) is 24.2 Å². The van der Waals surface area contributed by atoms with Crippen LogP contribution in [0.25, 0.3) is 0 Å². The first-order chi connectivity index (χ1) is 11.3. The third-order valence-electron chi connectivity index (χ3n) is 5.06. The highest BCUT2D eigenvalue weighted by molar-refractivity contribution is 7.92. The summed E-state index contributed by atoms with van der Waals surface area (Å²) in [6.45, 7) is 0. The second-order valence-corrected chi connectivity index (χ2v) is 9.85. The number of aliphatic carboxylic acids is 1. The van der Waals surface area contributed by atoms with E-state index >= 15 is 0 Å². The minimum atomic E-state index is -3.78. The molecule has 0 aromatic carbocycles. The van der Waals surface area contributed by atoms with Crippen molar-refractivity contribution in [1.29, 1.82) is 0 Å². The summed E-state index contributed by atoms with van der Waals surface area (Å²) >= 11 is 1.05. The minimum absolute atomic E-state index is 0.105. The predicted molar refractivity (Wildman–Crippen MR) is 93.1 cm³/mol. The molecule has 0 aliphatic heterocycles. The topological polar surface area (TPSA) is 87.0 Å². The van der Waals surface area contributed by atoms with E-state index in [1.807, 2.05) is 0 Å². The normalized spacial score (nSPS) is 27.7. The Balaban J connectivity index is 1.88. The summed E-state index contributed by atoms with van der Waals surface area (Å²) < 4.78 is 28.2. The molecule has 1 aromatic heterocycles. The van der Waals surface area contributed by atoms with Crippen LogP contribution in [0, 0.1) is 11.8 Å². The number of carbonyl (C=O) groups is 1. The summed E-state index contributed by atoms with van der Waals surface area (Å²) in [5.41, 5.74) is -0.890. The zero-order valence-electron chi connectivity index (χ0n) is 13.8. The number of hydrogen-bond acceptors (Lipinski definition) is 4. The van der Waals surface area contributed by atoms with Crippen molar-refractivity contribution in [2.45, 2.75) is 41.7 Å². The lowest BCUT2D eigenvalue weighted by Crippen LogP contribution is -2.23. The maximum atomic E-state index is 12.2. The number of thiophene rings is 1. The standard InChI is InChI=1S/C16H22N2O4S2/c1-18(2)10-17-24(21,22)14-8-7-13(23-14)16(15(19)20)9-12(16)11-5-3-4-6-11/h7-8,10-12H,3-6,9H2,1-2H3,(H,19,20)/b17-10-. The smallest absolute Gasteiger partial charge is 0.315 e. The summed E-state index contributed by atoms with van der Waals surface area (Å²) in [7, 11) is -0.398. The van der Waals surface area contributed by atoms with Crippen LogP contribution in [0.3, 0.4) is 0 Å². The van der Waals surface area contributed by atoms with Crippen molar-refractivity contribution in [2.24, 2.45) is 16.2 Å². The Labute approximate surface area is 146 Å². The van der Waals surface area contributed by atoms with Gasteiger partial charge in [0.1, 0.15) is 16.0 Å². The molecule has 8 heteroatoms. The first-order valence-electron chi connectivity index (χ1n) is 8.08. The summed E-state index contributed by atoms with van der Waals surface area (Å²) in [6, 6.07) is 3.14. The molecule has 2 unspecified atom stereocenters. The average Bonchev–Trinajstić information content (AvgIpc) is 2.94. The van der Waals surface area contributed by atoms with Gasteiger partial charge in [-0.3, -0.25) is 4.79 Å². The predicted octanol–water partition coefficient (Wildman–Crippen LogP) is 2.56. The van der Waals surface area contributed by atoms with Crippen LogP contribution in [0.5, 0.6) is 0 Å². The van der Waals surface area contributed by atoms with E-state index in [9.17, 15) is 18.3 Å². The van der Waals surface area contributed by atoms with Gasteiger partial charge in [0.25, 0.3) is 10.0 Å². The van der Waals surface area contributed by atoms with Gasteiger partial charge in [-0.25, -0.2) is 0 Å². The summed E-state index contributed by atoms with van der Waals surface area (Å²) in [4.78, 5) is 14.1. The van der Waals surface area contributed by atoms with Crippen molar-refractivity contribution in [1.82, 2.24) is 4.90 Å². The van der Waals surface area contributed by atoms with Crippen molar-refractivity contribution >= 4 is 33.7 Å². The molecule has 2 fully saturated rings. The van der Waals surface area contributed by atoms with Gasteiger partial charge >= 0.3 is 5.97 Å². The fraction of sp³-hybridized carbons (Fsp3) is 0.625. The van der Waals surface area contributed by atoms with Gasteiger partial charge in [0.2, 0.25) is 0 Å². The van der Waals surface area contributed by atoms with E-state index in [1.165, 1.54) is 25.2 Å². The number of carboxylic acids is 1. The molecule has 0 spiro atoms. The highest BCUT2D eigenvalue weighted by Gasteiger charge is 2.64. The molecule has 2 atom stereocenters. The SMILES string of the molecule is CN(C)/C=N\S(=O)(=O)c1ccc(C2(C(=O)O)CC2C2CCCC2)s1. The lowest BCUT2D eigenvalue weighted by atomic mass is 9.92. The molecule has 2 aliphatic rings. The monoisotopic (exact) mass is 370 g/mol. The Morgan fingerprint density at radius 1 is 1.38 bits per heavy atom. The van der Waals surface area contributed by atoms with Crippen LogP contribution in [-0.4, -0.2) is 44.8 Å². The molecule has 6 nitrogen and oxygen atoms in total. The van der Waals surface area contributed by atoms with Gasteiger partial charge in [0.15, 0.2) is 0 Å². The molecule has 0 radical (unpaired) electrons. The zero-order chi connectivity index (χ0) is 17.5. The number of sulfonamides is 1. The lowest BCUT2D eigenvalue weighted by molar-refractivity contribution is -0.140. The average molecular weight is 370 g/mol. The molecule has 2 aliphatic carbocycles. The number of nitrogens with zero attached hydrogens (tertiary/aromatic N) is 2. The molecular weight excluding hydrogens is 348 g/mol. The highest BCUT2D eigenvalue weighted by Crippen LogP contribution is 2.62. The molecular formula is C16H22N2O4S2. The van der Waals surface area contributed by atoms with E-state index in [1.54, 1.807) is 25.1 Å². The Kier molecular flexibility index (Phi) is 4.46. The van der Waals surface area contributed by atoms with Crippen LogP contribution in [0.1, 0.15) is 37.0 Å². The van der Waals surface area contributed by atoms with E-state index in [-0.39, 0.29) is 10.1 Å². The van der Waals surface area contributed by atoms with Crippen molar-refractivity contribution in [3.05, 3.63) is 17.0 Å². The van der Waals surface area contributed by atoms with Gasteiger partial charge < -0.3 is 10.0 Å². The fourth-order valence-corrected chi connectivity index (χ4v) is 6.23. The van der Waals surface area contributed by atoms with Crippen LogP contribution >= 0.6 is 11.3 Å². The molecule has 24 heavy (non-hydrogen) atoms. The van der Waals surface area contributed by atoms with Gasteiger partial charge in [0, 0.05) is 19.0 Å². The van der Waals surface area contributed by atoms with Gasteiger partial charge in [-0.15, -0.1) is 15.7 Å². The maximum Gasteiger partial charge on any atom is 0.315 e. The molecule has 132 valence electrons. The number of carboxylic acid groups (broad SMARTS) is 1. The van der Waals surface area contributed by atoms with Gasteiger partial charge in [-0.1, -0.05) is 25.7 Å². The Morgan fingerprint density at radius 3 is 2.62 bits per heavy atom.